The van der Waals surface area contributed by atoms with E-state index in [0.29, 0.717) is 12.2 Å². The summed E-state index contributed by atoms with van der Waals surface area (Å²) in [6.07, 6.45) is 3.34. The fourth-order valence-electron chi connectivity index (χ4n) is 2.07. The first-order valence-corrected chi connectivity index (χ1v) is 6.69. The lowest BCUT2D eigenvalue weighted by molar-refractivity contribution is -0.121. The predicted octanol–water partition coefficient (Wildman–Crippen LogP) is 2.52. The molecular weight excluding hydrogens is 264 g/mol. The van der Waals surface area contributed by atoms with Crippen LogP contribution in [0, 0.1) is 0 Å². The number of hydrogen-bond acceptors (Lipinski definition) is 3. The molecule has 0 saturated carbocycles. The summed E-state index contributed by atoms with van der Waals surface area (Å²) in [5.41, 5.74) is 1.58. The summed E-state index contributed by atoms with van der Waals surface area (Å²) in [6.45, 7) is 4.04. The lowest BCUT2D eigenvalue weighted by Crippen LogP contribution is -2.30. The molecule has 0 aliphatic carbocycles. The molecule has 0 bridgehead atoms. The Morgan fingerprint density at radius 3 is 2.67 bits per heavy atom. The fourth-order valence-corrected chi connectivity index (χ4v) is 2.07. The Bertz CT molecular complexity index is 594. The van der Waals surface area contributed by atoms with Crippen molar-refractivity contribution in [2.45, 2.75) is 5.92 Å². The molecule has 2 rings (SSSR count). The van der Waals surface area contributed by atoms with Crippen LogP contribution in [-0.4, -0.2) is 24.5 Å². The third-order valence-electron chi connectivity index (χ3n) is 3.12. The van der Waals surface area contributed by atoms with Crippen molar-refractivity contribution < 1.29 is 9.53 Å². The summed E-state index contributed by atoms with van der Waals surface area (Å²) in [7, 11) is 1.61. The number of amides is 1. The summed E-state index contributed by atoms with van der Waals surface area (Å²) >= 11 is 0. The van der Waals surface area contributed by atoms with Gasteiger partial charge in [0.1, 0.15) is 11.7 Å². The van der Waals surface area contributed by atoms with Crippen LogP contribution >= 0.6 is 0 Å². The second-order valence-electron chi connectivity index (χ2n) is 4.49. The molecule has 0 saturated heterocycles. The van der Waals surface area contributed by atoms with Crippen molar-refractivity contribution in [2.24, 2.45) is 0 Å². The molecule has 0 spiro atoms. The van der Waals surface area contributed by atoms with Crippen LogP contribution in [0.25, 0.3) is 0 Å². The van der Waals surface area contributed by atoms with E-state index >= 15 is 0 Å². The summed E-state index contributed by atoms with van der Waals surface area (Å²) < 4.78 is 5.15. The first kappa shape index (κ1) is 14.8. The van der Waals surface area contributed by atoms with E-state index in [1.54, 1.807) is 19.4 Å². The van der Waals surface area contributed by atoms with Gasteiger partial charge in [0.15, 0.2) is 0 Å². The van der Waals surface area contributed by atoms with E-state index in [1.165, 1.54) is 0 Å². The van der Waals surface area contributed by atoms with E-state index in [9.17, 15) is 4.79 Å². The molecule has 1 unspecified atom stereocenters. The average Bonchev–Trinajstić information content (AvgIpc) is 2.55. The molecule has 0 fully saturated rings. The topological polar surface area (TPSA) is 51.2 Å². The number of rotatable bonds is 6. The Morgan fingerprint density at radius 1 is 1.33 bits per heavy atom. The Morgan fingerprint density at radius 2 is 2.10 bits per heavy atom. The maximum absolute atomic E-state index is 12.4. The molecule has 4 heteroatoms. The maximum Gasteiger partial charge on any atom is 0.233 e. The minimum absolute atomic E-state index is 0.0984. The van der Waals surface area contributed by atoms with Gasteiger partial charge in [-0.05, 0) is 29.8 Å². The van der Waals surface area contributed by atoms with Gasteiger partial charge in [0, 0.05) is 12.7 Å². The van der Waals surface area contributed by atoms with E-state index in [2.05, 4.69) is 16.9 Å². The zero-order valence-corrected chi connectivity index (χ0v) is 12.0. The Balaban J connectivity index is 2.34. The van der Waals surface area contributed by atoms with Crippen molar-refractivity contribution in [3.8, 4) is 5.75 Å². The Kier molecular flexibility index (Phi) is 5.10. The van der Waals surface area contributed by atoms with E-state index in [0.717, 1.165) is 11.3 Å². The molecule has 108 valence electrons. The quantitative estimate of drug-likeness (QED) is 0.828. The van der Waals surface area contributed by atoms with Crippen LogP contribution < -0.4 is 10.1 Å². The molecule has 0 aliphatic heterocycles. The summed E-state index contributed by atoms with van der Waals surface area (Å²) in [5, 5.41) is 2.83. The second kappa shape index (κ2) is 7.24. The van der Waals surface area contributed by atoms with Gasteiger partial charge < -0.3 is 10.1 Å². The monoisotopic (exact) mass is 282 g/mol. The van der Waals surface area contributed by atoms with Gasteiger partial charge in [-0.1, -0.05) is 24.3 Å². The van der Waals surface area contributed by atoms with Crippen molar-refractivity contribution in [3.63, 3.8) is 0 Å². The van der Waals surface area contributed by atoms with Gasteiger partial charge in [-0.25, -0.2) is 0 Å². The zero-order valence-electron chi connectivity index (χ0n) is 12.0. The molecule has 1 amide bonds. The summed E-state index contributed by atoms with van der Waals surface area (Å²) in [5.74, 6) is 0.209. The van der Waals surface area contributed by atoms with Gasteiger partial charge in [-0.15, -0.1) is 6.58 Å². The molecule has 4 nitrogen and oxygen atoms in total. The van der Waals surface area contributed by atoms with Gasteiger partial charge in [-0.3, -0.25) is 9.78 Å². The number of pyridine rings is 1. The number of ether oxygens (including phenoxy) is 1. The van der Waals surface area contributed by atoms with Crippen LogP contribution in [0.1, 0.15) is 17.2 Å². The van der Waals surface area contributed by atoms with Crippen LogP contribution in [0.5, 0.6) is 5.75 Å². The maximum atomic E-state index is 12.4. The van der Waals surface area contributed by atoms with E-state index in [4.69, 9.17) is 4.74 Å². The molecule has 21 heavy (non-hydrogen) atoms. The third-order valence-corrected chi connectivity index (χ3v) is 3.12. The van der Waals surface area contributed by atoms with Crippen molar-refractivity contribution in [1.82, 2.24) is 10.3 Å². The highest BCUT2D eigenvalue weighted by Gasteiger charge is 2.23. The molecule has 1 aromatic heterocycles. The number of carbonyl (C=O) groups is 1. The number of methoxy groups -OCH3 is 1. The predicted molar refractivity (Wildman–Crippen MR) is 82.3 cm³/mol. The van der Waals surface area contributed by atoms with Gasteiger partial charge in [-0.2, -0.15) is 0 Å². The molecule has 0 radical (unpaired) electrons. The van der Waals surface area contributed by atoms with Crippen LogP contribution in [0.2, 0.25) is 0 Å². The number of nitrogens with zero attached hydrogens (tertiary/aromatic N) is 1. The highest BCUT2D eigenvalue weighted by atomic mass is 16.5. The van der Waals surface area contributed by atoms with Crippen molar-refractivity contribution >= 4 is 5.91 Å². The largest absolute Gasteiger partial charge is 0.497 e. The zero-order chi connectivity index (χ0) is 15.1. The van der Waals surface area contributed by atoms with Crippen LogP contribution in [0.3, 0.4) is 0 Å². The van der Waals surface area contributed by atoms with Gasteiger partial charge >= 0.3 is 0 Å². The minimum atomic E-state index is -0.447. The molecule has 1 heterocycles. The van der Waals surface area contributed by atoms with Crippen LogP contribution in [-0.2, 0) is 4.79 Å². The molecular formula is C17H18N2O2. The van der Waals surface area contributed by atoms with Crippen molar-refractivity contribution in [1.29, 1.82) is 0 Å². The standard InChI is InChI=1S/C17H18N2O2/c1-3-11-19-17(20)16(15-6-4-5-12-18-15)13-7-9-14(21-2)10-8-13/h3-10,12,16H,1,11H2,2H3,(H,19,20). The highest BCUT2D eigenvalue weighted by Crippen LogP contribution is 2.25. The van der Waals surface area contributed by atoms with Crippen LogP contribution in [0.4, 0.5) is 0 Å². The van der Waals surface area contributed by atoms with E-state index < -0.39 is 5.92 Å². The number of benzene rings is 1. The number of hydrogen-bond donors (Lipinski definition) is 1. The molecule has 1 atom stereocenters. The lowest BCUT2D eigenvalue weighted by Gasteiger charge is -2.16. The van der Waals surface area contributed by atoms with Gasteiger partial charge in [0.05, 0.1) is 12.8 Å². The normalized spacial score (nSPS) is 11.5. The van der Waals surface area contributed by atoms with Crippen LogP contribution in [0.15, 0.2) is 61.3 Å². The Hall–Kier alpha value is -2.62. The number of nitrogens with one attached hydrogen (secondary N) is 1. The van der Waals surface area contributed by atoms with E-state index in [1.807, 2.05) is 42.5 Å². The van der Waals surface area contributed by atoms with Crippen molar-refractivity contribution in [2.75, 3.05) is 13.7 Å². The van der Waals surface area contributed by atoms with E-state index in [-0.39, 0.29) is 5.91 Å². The lowest BCUT2D eigenvalue weighted by atomic mass is 9.94. The number of aromatic nitrogens is 1. The first-order chi connectivity index (χ1) is 10.3. The summed E-state index contributed by atoms with van der Waals surface area (Å²) in [6, 6.07) is 13.0. The molecule has 0 aliphatic rings. The fraction of sp³-hybridized carbons (Fsp3) is 0.176. The highest BCUT2D eigenvalue weighted by molar-refractivity contribution is 5.86. The average molecular weight is 282 g/mol. The van der Waals surface area contributed by atoms with Crippen molar-refractivity contribution in [3.05, 3.63) is 72.6 Å². The van der Waals surface area contributed by atoms with Gasteiger partial charge in [0.2, 0.25) is 5.91 Å². The summed E-state index contributed by atoms with van der Waals surface area (Å²) in [4.78, 5) is 16.7. The van der Waals surface area contributed by atoms with Gasteiger partial charge in [0.25, 0.3) is 0 Å². The SMILES string of the molecule is C=CCNC(=O)C(c1ccc(OC)cc1)c1ccccn1. The first-order valence-electron chi connectivity index (χ1n) is 6.69. The molecule has 1 N–H and O–H groups in total. The minimum Gasteiger partial charge on any atom is -0.497 e. The smallest absolute Gasteiger partial charge is 0.233 e. The number of carbonyl (C=O) groups excluding carboxylic acids is 1. The second-order valence-corrected chi connectivity index (χ2v) is 4.49. The molecule has 1 aromatic carbocycles. The Labute approximate surface area is 124 Å². The molecule has 2 aromatic rings. The third kappa shape index (κ3) is 3.69.